The molecule has 26 heavy (non-hydrogen) atoms. The fraction of sp³-hybridized carbons (Fsp3) is 0.650. The minimum Gasteiger partial charge on any atom is -0.493 e. The molecule has 0 radical (unpaired) electrons. The van der Waals surface area contributed by atoms with Crippen LogP contribution in [0.15, 0.2) is 23.2 Å². The lowest BCUT2D eigenvalue weighted by Gasteiger charge is -2.16. The second-order valence-corrected chi connectivity index (χ2v) is 6.60. The predicted octanol–water partition coefficient (Wildman–Crippen LogP) is 3.20. The molecule has 0 aromatic heterocycles. The molecule has 6 nitrogen and oxygen atoms in total. The quantitative estimate of drug-likeness (QED) is 0.522. The average molecular weight is 363 g/mol. The monoisotopic (exact) mass is 362 g/mol. The summed E-state index contributed by atoms with van der Waals surface area (Å²) in [7, 11) is 1.65. The van der Waals surface area contributed by atoms with Crippen molar-refractivity contribution in [3.63, 3.8) is 0 Å². The van der Waals surface area contributed by atoms with Gasteiger partial charge in [0.1, 0.15) is 0 Å². The van der Waals surface area contributed by atoms with Gasteiger partial charge in [-0.25, -0.2) is 0 Å². The standard InChI is InChI=1S/C20H34N4O2/c1-5-11-24-12-10-16(15-24)14-22-20(21-6-2)23-17-8-9-18(25-4)19(13-17)26-7-3/h8-9,13,16H,5-7,10-12,14-15H2,1-4H3,(H2,21,22,23). The highest BCUT2D eigenvalue weighted by Gasteiger charge is 2.21. The summed E-state index contributed by atoms with van der Waals surface area (Å²) in [5.41, 5.74) is 0.938. The van der Waals surface area contributed by atoms with E-state index < -0.39 is 0 Å². The molecule has 6 heteroatoms. The number of nitrogens with zero attached hydrogens (tertiary/aromatic N) is 2. The molecule has 2 N–H and O–H groups in total. The Morgan fingerprint density at radius 2 is 2.12 bits per heavy atom. The van der Waals surface area contributed by atoms with Crippen LogP contribution >= 0.6 is 0 Å². The fourth-order valence-corrected chi connectivity index (χ4v) is 3.27. The first-order valence-electron chi connectivity index (χ1n) is 9.78. The highest BCUT2D eigenvalue weighted by molar-refractivity contribution is 5.93. The zero-order chi connectivity index (χ0) is 18.8. The van der Waals surface area contributed by atoms with Gasteiger partial charge in [-0.3, -0.25) is 4.99 Å². The summed E-state index contributed by atoms with van der Waals surface area (Å²) in [4.78, 5) is 7.34. The number of benzene rings is 1. The number of likely N-dealkylation sites (tertiary alicyclic amines) is 1. The van der Waals surface area contributed by atoms with Gasteiger partial charge in [0.25, 0.3) is 0 Å². The zero-order valence-corrected chi connectivity index (χ0v) is 16.7. The SMILES string of the molecule is CCCN1CCC(CN=C(NCC)Nc2ccc(OC)c(OCC)c2)C1. The first-order valence-corrected chi connectivity index (χ1v) is 9.78. The molecule has 1 unspecified atom stereocenters. The molecule has 0 aliphatic carbocycles. The van der Waals surface area contributed by atoms with E-state index in [1.165, 1.54) is 25.9 Å². The maximum Gasteiger partial charge on any atom is 0.195 e. The topological polar surface area (TPSA) is 58.1 Å². The minimum atomic E-state index is 0.601. The third-order valence-electron chi connectivity index (χ3n) is 4.49. The van der Waals surface area contributed by atoms with E-state index in [1.54, 1.807) is 7.11 Å². The van der Waals surface area contributed by atoms with E-state index in [0.29, 0.717) is 12.5 Å². The summed E-state index contributed by atoms with van der Waals surface area (Å²) < 4.78 is 11.0. The number of anilines is 1. The van der Waals surface area contributed by atoms with Gasteiger partial charge in [-0.05, 0) is 57.8 Å². The molecule has 0 saturated carbocycles. The Hall–Kier alpha value is -1.95. The minimum absolute atomic E-state index is 0.601. The van der Waals surface area contributed by atoms with E-state index in [-0.39, 0.29) is 0 Å². The van der Waals surface area contributed by atoms with Crippen LogP contribution in [0, 0.1) is 5.92 Å². The molecule has 146 valence electrons. The third kappa shape index (κ3) is 6.09. The number of methoxy groups -OCH3 is 1. The molecule has 0 spiro atoms. The van der Waals surface area contributed by atoms with Crippen molar-refractivity contribution in [1.82, 2.24) is 10.2 Å². The maximum atomic E-state index is 5.66. The van der Waals surface area contributed by atoms with Crippen LogP contribution in [0.1, 0.15) is 33.6 Å². The molecule has 1 aromatic rings. The van der Waals surface area contributed by atoms with Gasteiger partial charge < -0.3 is 25.0 Å². The predicted molar refractivity (Wildman–Crippen MR) is 109 cm³/mol. The summed E-state index contributed by atoms with van der Waals surface area (Å²) in [6.07, 6.45) is 2.46. The third-order valence-corrected chi connectivity index (χ3v) is 4.49. The average Bonchev–Trinajstić information content (AvgIpc) is 3.08. The fourth-order valence-electron chi connectivity index (χ4n) is 3.27. The van der Waals surface area contributed by atoms with Gasteiger partial charge in [0.05, 0.1) is 13.7 Å². The van der Waals surface area contributed by atoms with Gasteiger partial charge in [0.15, 0.2) is 17.5 Å². The van der Waals surface area contributed by atoms with Crippen molar-refractivity contribution in [2.24, 2.45) is 10.9 Å². The van der Waals surface area contributed by atoms with Gasteiger partial charge in [-0.2, -0.15) is 0 Å². The molecule has 1 fully saturated rings. The number of aliphatic imine (C=N–C) groups is 1. The Morgan fingerprint density at radius 1 is 1.27 bits per heavy atom. The van der Waals surface area contributed by atoms with Crippen LogP contribution in [0.2, 0.25) is 0 Å². The van der Waals surface area contributed by atoms with Crippen LogP contribution in [-0.4, -0.2) is 57.3 Å². The Bertz CT molecular complexity index is 577. The first-order chi connectivity index (χ1) is 12.7. The van der Waals surface area contributed by atoms with E-state index in [2.05, 4.69) is 29.4 Å². The molecule has 1 heterocycles. The van der Waals surface area contributed by atoms with Crippen molar-refractivity contribution in [2.75, 3.05) is 51.8 Å². The van der Waals surface area contributed by atoms with Crippen molar-refractivity contribution in [3.8, 4) is 11.5 Å². The van der Waals surface area contributed by atoms with E-state index in [0.717, 1.165) is 42.8 Å². The second-order valence-electron chi connectivity index (χ2n) is 6.60. The van der Waals surface area contributed by atoms with E-state index >= 15 is 0 Å². The lowest BCUT2D eigenvalue weighted by molar-refractivity contribution is 0.311. The summed E-state index contributed by atoms with van der Waals surface area (Å²) in [6, 6.07) is 5.84. The molecule has 2 rings (SSSR count). The van der Waals surface area contributed by atoms with E-state index in [9.17, 15) is 0 Å². The summed E-state index contributed by atoms with van der Waals surface area (Å²) in [5, 5.41) is 6.70. The number of ether oxygens (including phenoxy) is 2. The van der Waals surface area contributed by atoms with Crippen molar-refractivity contribution < 1.29 is 9.47 Å². The Labute approximate surface area is 158 Å². The first kappa shape index (κ1) is 20.4. The lowest BCUT2D eigenvalue weighted by Crippen LogP contribution is -2.31. The van der Waals surface area contributed by atoms with Gasteiger partial charge in [0.2, 0.25) is 0 Å². The summed E-state index contributed by atoms with van der Waals surface area (Å²) in [6.45, 7) is 12.1. The van der Waals surface area contributed by atoms with Crippen LogP contribution in [0.3, 0.4) is 0 Å². The van der Waals surface area contributed by atoms with Gasteiger partial charge in [-0.15, -0.1) is 0 Å². The lowest BCUT2D eigenvalue weighted by atomic mass is 10.1. The van der Waals surface area contributed by atoms with Crippen LogP contribution < -0.4 is 20.1 Å². The molecule has 0 amide bonds. The number of guanidine groups is 1. The maximum absolute atomic E-state index is 5.66. The van der Waals surface area contributed by atoms with Gasteiger partial charge in [-0.1, -0.05) is 6.92 Å². The number of hydrogen-bond donors (Lipinski definition) is 2. The Morgan fingerprint density at radius 3 is 2.81 bits per heavy atom. The van der Waals surface area contributed by atoms with Crippen molar-refractivity contribution in [1.29, 1.82) is 0 Å². The van der Waals surface area contributed by atoms with Gasteiger partial charge in [0, 0.05) is 31.4 Å². The van der Waals surface area contributed by atoms with Crippen LogP contribution in [0.25, 0.3) is 0 Å². The molecule has 1 saturated heterocycles. The van der Waals surface area contributed by atoms with Crippen LogP contribution in [0.4, 0.5) is 5.69 Å². The largest absolute Gasteiger partial charge is 0.493 e. The molecule has 1 atom stereocenters. The van der Waals surface area contributed by atoms with Crippen molar-refractivity contribution in [3.05, 3.63) is 18.2 Å². The van der Waals surface area contributed by atoms with Crippen molar-refractivity contribution in [2.45, 2.75) is 33.6 Å². The number of rotatable bonds is 9. The second kappa shape index (κ2) is 10.9. The molecule has 0 bridgehead atoms. The molecular formula is C20H34N4O2. The smallest absolute Gasteiger partial charge is 0.195 e. The zero-order valence-electron chi connectivity index (χ0n) is 16.7. The summed E-state index contributed by atoms with van der Waals surface area (Å²) in [5.74, 6) is 2.93. The molecule has 1 aliphatic heterocycles. The van der Waals surface area contributed by atoms with Gasteiger partial charge >= 0.3 is 0 Å². The summed E-state index contributed by atoms with van der Waals surface area (Å²) >= 11 is 0. The van der Waals surface area contributed by atoms with Crippen molar-refractivity contribution >= 4 is 11.6 Å². The highest BCUT2D eigenvalue weighted by atomic mass is 16.5. The highest BCUT2D eigenvalue weighted by Crippen LogP contribution is 2.30. The molecule has 1 aliphatic rings. The van der Waals surface area contributed by atoms with Crippen LogP contribution in [0.5, 0.6) is 11.5 Å². The normalized spacial score (nSPS) is 18.0. The van der Waals surface area contributed by atoms with Crippen LogP contribution in [-0.2, 0) is 0 Å². The molecular weight excluding hydrogens is 328 g/mol. The Kier molecular flexibility index (Phi) is 8.54. The molecule has 1 aromatic carbocycles. The Balaban J connectivity index is 2.00. The number of nitrogens with one attached hydrogen (secondary N) is 2. The van der Waals surface area contributed by atoms with E-state index in [1.807, 2.05) is 25.1 Å². The number of hydrogen-bond acceptors (Lipinski definition) is 4. The van der Waals surface area contributed by atoms with E-state index in [4.69, 9.17) is 14.5 Å².